The van der Waals surface area contributed by atoms with Crippen molar-refractivity contribution >= 4 is 27.4 Å². The number of halogens is 1. The number of fused-ring (bicyclic) bond motifs is 2. The highest BCUT2D eigenvalue weighted by atomic mass is 79.9. The number of hydrogen-bond acceptors (Lipinski definition) is 2. The normalized spacial score (nSPS) is 29.7. The van der Waals surface area contributed by atoms with Gasteiger partial charge in [0, 0.05) is 22.1 Å². The highest BCUT2D eigenvalue weighted by molar-refractivity contribution is 9.10. The first kappa shape index (κ1) is 12.2. The Morgan fingerprint density at radius 3 is 2.78 bits per heavy atom. The monoisotopic (exact) mass is 307 g/mol. The van der Waals surface area contributed by atoms with E-state index in [2.05, 4.69) is 15.9 Å². The van der Waals surface area contributed by atoms with E-state index in [0.717, 1.165) is 16.3 Å². The van der Waals surface area contributed by atoms with Crippen LogP contribution in [0.4, 0.5) is 5.69 Å². The molecule has 18 heavy (non-hydrogen) atoms. The van der Waals surface area contributed by atoms with Crippen molar-refractivity contribution in [3.8, 4) is 0 Å². The zero-order valence-corrected chi connectivity index (χ0v) is 11.9. The molecule has 3 atom stereocenters. The van der Waals surface area contributed by atoms with E-state index in [1.165, 1.54) is 25.7 Å². The second kappa shape index (κ2) is 4.69. The van der Waals surface area contributed by atoms with Gasteiger partial charge in [-0.3, -0.25) is 4.79 Å². The van der Waals surface area contributed by atoms with Crippen LogP contribution in [0.3, 0.4) is 0 Å². The molecule has 0 aromatic heterocycles. The van der Waals surface area contributed by atoms with Crippen LogP contribution in [0.5, 0.6) is 0 Å². The van der Waals surface area contributed by atoms with Gasteiger partial charge in [-0.25, -0.2) is 0 Å². The summed E-state index contributed by atoms with van der Waals surface area (Å²) >= 11 is 3.37. The van der Waals surface area contributed by atoms with E-state index in [9.17, 15) is 4.79 Å². The van der Waals surface area contributed by atoms with Crippen LogP contribution in [-0.4, -0.2) is 5.78 Å². The molecule has 1 aromatic rings. The van der Waals surface area contributed by atoms with E-state index in [-0.39, 0.29) is 5.78 Å². The molecule has 2 aliphatic carbocycles. The molecule has 2 bridgehead atoms. The van der Waals surface area contributed by atoms with Crippen molar-refractivity contribution in [3.63, 3.8) is 0 Å². The zero-order chi connectivity index (χ0) is 12.7. The molecule has 3 rings (SSSR count). The number of carbonyl (C=O) groups is 1. The van der Waals surface area contributed by atoms with Crippen molar-refractivity contribution in [1.29, 1.82) is 0 Å². The molecule has 96 valence electrons. The van der Waals surface area contributed by atoms with E-state index in [0.29, 0.717) is 23.6 Å². The fourth-order valence-corrected chi connectivity index (χ4v) is 4.14. The standard InChI is InChI=1S/C15H18BrNO/c16-12-3-4-13(14(17)8-12)15(18)7-11-6-9-1-2-10(11)5-9/h3-4,8-11H,1-2,5-7,17H2. The van der Waals surface area contributed by atoms with Crippen LogP contribution in [0.15, 0.2) is 22.7 Å². The number of carbonyl (C=O) groups excluding carboxylic acids is 1. The largest absolute Gasteiger partial charge is 0.398 e. The van der Waals surface area contributed by atoms with Crippen molar-refractivity contribution in [1.82, 2.24) is 0 Å². The average Bonchev–Trinajstić information content (AvgIpc) is 2.90. The molecule has 3 unspecified atom stereocenters. The Bertz CT molecular complexity index is 485. The summed E-state index contributed by atoms with van der Waals surface area (Å²) in [4.78, 5) is 12.3. The molecule has 0 spiro atoms. The Morgan fingerprint density at radius 2 is 2.17 bits per heavy atom. The molecule has 2 nitrogen and oxygen atoms in total. The number of anilines is 1. The van der Waals surface area contributed by atoms with Gasteiger partial charge >= 0.3 is 0 Å². The van der Waals surface area contributed by atoms with Gasteiger partial charge in [-0.1, -0.05) is 22.4 Å². The second-order valence-electron chi connectivity index (χ2n) is 5.79. The first-order valence-corrected chi connectivity index (χ1v) is 7.51. The summed E-state index contributed by atoms with van der Waals surface area (Å²) in [6.45, 7) is 0. The van der Waals surface area contributed by atoms with Gasteiger partial charge < -0.3 is 5.73 Å². The third-order valence-corrected chi connectivity index (χ3v) is 5.14. The van der Waals surface area contributed by atoms with Gasteiger partial charge in [0.05, 0.1) is 0 Å². The first-order chi connectivity index (χ1) is 8.63. The Labute approximate surface area is 116 Å². The molecule has 0 radical (unpaired) electrons. The third kappa shape index (κ3) is 2.20. The highest BCUT2D eigenvalue weighted by Gasteiger charge is 2.40. The van der Waals surface area contributed by atoms with Crippen LogP contribution in [-0.2, 0) is 0 Å². The topological polar surface area (TPSA) is 43.1 Å². The molecular weight excluding hydrogens is 290 g/mol. The summed E-state index contributed by atoms with van der Waals surface area (Å²) < 4.78 is 0.927. The third-order valence-electron chi connectivity index (χ3n) is 4.65. The summed E-state index contributed by atoms with van der Waals surface area (Å²) in [5.41, 5.74) is 7.21. The van der Waals surface area contributed by atoms with Crippen LogP contribution in [0, 0.1) is 17.8 Å². The minimum absolute atomic E-state index is 0.220. The number of ketones is 1. The van der Waals surface area contributed by atoms with Gasteiger partial charge in [0.25, 0.3) is 0 Å². The smallest absolute Gasteiger partial charge is 0.165 e. The zero-order valence-electron chi connectivity index (χ0n) is 10.4. The lowest BCUT2D eigenvalue weighted by Crippen LogP contribution is -2.16. The number of hydrogen-bond donors (Lipinski definition) is 1. The highest BCUT2D eigenvalue weighted by Crippen LogP contribution is 2.49. The lowest BCUT2D eigenvalue weighted by atomic mass is 9.84. The lowest BCUT2D eigenvalue weighted by Gasteiger charge is -2.21. The first-order valence-electron chi connectivity index (χ1n) is 6.71. The lowest BCUT2D eigenvalue weighted by molar-refractivity contribution is 0.0945. The molecule has 1 aromatic carbocycles. The number of nitrogens with two attached hydrogens (primary N) is 1. The van der Waals surface area contributed by atoms with Gasteiger partial charge in [-0.05, 0) is 55.2 Å². The molecule has 2 saturated carbocycles. The molecule has 2 aliphatic rings. The molecule has 3 heteroatoms. The molecule has 0 amide bonds. The maximum absolute atomic E-state index is 12.3. The number of rotatable bonds is 3. The van der Waals surface area contributed by atoms with E-state index in [4.69, 9.17) is 5.73 Å². The molecule has 2 N–H and O–H groups in total. The number of Topliss-reactive ketones (excluding diaryl/α,β-unsaturated/α-hetero) is 1. The number of nitrogen functional groups attached to an aromatic ring is 1. The summed E-state index contributed by atoms with van der Waals surface area (Å²) in [5.74, 6) is 2.53. The molecule has 0 saturated heterocycles. The van der Waals surface area contributed by atoms with E-state index in [1.807, 2.05) is 18.2 Å². The Hall–Kier alpha value is -0.830. The second-order valence-corrected chi connectivity index (χ2v) is 6.71. The van der Waals surface area contributed by atoms with Crippen molar-refractivity contribution in [2.24, 2.45) is 17.8 Å². The van der Waals surface area contributed by atoms with Crippen molar-refractivity contribution in [2.45, 2.75) is 32.1 Å². The van der Waals surface area contributed by atoms with Crippen LogP contribution < -0.4 is 5.73 Å². The van der Waals surface area contributed by atoms with Crippen molar-refractivity contribution in [3.05, 3.63) is 28.2 Å². The minimum atomic E-state index is 0.220. The summed E-state index contributed by atoms with van der Waals surface area (Å²) in [7, 11) is 0. The predicted molar refractivity (Wildman–Crippen MR) is 76.4 cm³/mol. The molecule has 0 aliphatic heterocycles. The SMILES string of the molecule is Nc1cc(Br)ccc1C(=O)CC1CC2CCC1C2. The van der Waals surface area contributed by atoms with Crippen LogP contribution in [0.2, 0.25) is 0 Å². The van der Waals surface area contributed by atoms with Crippen LogP contribution in [0.1, 0.15) is 42.5 Å². The van der Waals surface area contributed by atoms with E-state index < -0.39 is 0 Å². The van der Waals surface area contributed by atoms with Crippen molar-refractivity contribution in [2.75, 3.05) is 5.73 Å². The minimum Gasteiger partial charge on any atom is -0.398 e. The van der Waals surface area contributed by atoms with Crippen LogP contribution >= 0.6 is 15.9 Å². The van der Waals surface area contributed by atoms with Gasteiger partial charge in [-0.2, -0.15) is 0 Å². The predicted octanol–water partition coefficient (Wildman–Crippen LogP) is 4.04. The van der Waals surface area contributed by atoms with E-state index in [1.54, 1.807) is 0 Å². The summed E-state index contributed by atoms with van der Waals surface area (Å²) in [6.07, 6.45) is 6.02. The fourth-order valence-electron chi connectivity index (χ4n) is 3.76. The molecular formula is C15H18BrNO. The molecule has 2 fully saturated rings. The number of benzene rings is 1. The van der Waals surface area contributed by atoms with Gasteiger partial charge in [0.1, 0.15) is 0 Å². The average molecular weight is 308 g/mol. The Morgan fingerprint density at radius 1 is 1.33 bits per heavy atom. The maximum Gasteiger partial charge on any atom is 0.165 e. The summed E-state index contributed by atoms with van der Waals surface area (Å²) in [5, 5.41) is 0. The fraction of sp³-hybridized carbons (Fsp3) is 0.533. The van der Waals surface area contributed by atoms with Crippen LogP contribution in [0.25, 0.3) is 0 Å². The quantitative estimate of drug-likeness (QED) is 0.676. The maximum atomic E-state index is 12.3. The van der Waals surface area contributed by atoms with E-state index >= 15 is 0 Å². The van der Waals surface area contributed by atoms with Crippen molar-refractivity contribution < 1.29 is 4.79 Å². The van der Waals surface area contributed by atoms with Gasteiger partial charge in [0.15, 0.2) is 5.78 Å². The molecule has 0 heterocycles. The Balaban J connectivity index is 1.71. The van der Waals surface area contributed by atoms with Gasteiger partial charge in [-0.15, -0.1) is 0 Å². The summed E-state index contributed by atoms with van der Waals surface area (Å²) in [6, 6.07) is 5.55. The Kier molecular flexibility index (Phi) is 3.18. The van der Waals surface area contributed by atoms with Gasteiger partial charge in [0.2, 0.25) is 0 Å².